The summed E-state index contributed by atoms with van der Waals surface area (Å²) in [6, 6.07) is 30.1. The van der Waals surface area contributed by atoms with Crippen molar-refractivity contribution in [3.63, 3.8) is 0 Å². The lowest BCUT2D eigenvalue weighted by Crippen LogP contribution is -2.19. The number of hydrogen-bond acceptors (Lipinski definition) is 3. The molecule has 0 spiro atoms. The molecule has 3 nitrogen and oxygen atoms in total. The highest BCUT2D eigenvalue weighted by Gasteiger charge is 2.28. The van der Waals surface area contributed by atoms with Gasteiger partial charge in [0.1, 0.15) is 5.75 Å². The van der Waals surface area contributed by atoms with Gasteiger partial charge in [-0.3, -0.25) is 0 Å². The van der Waals surface area contributed by atoms with Crippen molar-refractivity contribution in [3.8, 4) is 28.0 Å². The lowest BCUT2D eigenvalue weighted by atomic mass is 9.77. The van der Waals surface area contributed by atoms with Crippen molar-refractivity contribution < 1.29 is 9.47 Å². The molecule has 0 N–H and O–H groups in total. The van der Waals surface area contributed by atoms with Crippen LogP contribution in [0.4, 0.5) is 0 Å². The van der Waals surface area contributed by atoms with E-state index in [-0.39, 0.29) is 17.6 Å². The van der Waals surface area contributed by atoms with E-state index in [1.807, 2.05) is 0 Å². The maximum absolute atomic E-state index is 6.40. The Morgan fingerprint density at radius 2 is 1.18 bits per heavy atom. The van der Waals surface area contributed by atoms with Crippen molar-refractivity contribution >= 4 is 21.8 Å². The van der Waals surface area contributed by atoms with Gasteiger partial charge in [-0.05, 0) is 45.7 Å². The molecule has 0 amide bonds. The van der Waals surface area contributed by atoms with E-state index in [1.54, 1.807) is 7.11 Å². The number of nitrogens with zero attached hydrogens (tertiary/aromatic N) is 1. The van der Waals surface area contributed by atoms with Gasteiger partial charge in [-0.15, -0.1) is 0 Å². The molecule has 0 aliphatic carbocycles. The molecule has 1 heterocycles. The van der Waals surface area contributed by atoms with Crippen molar-refractivity contribution in [3.05, 3.63) is 96.1 Å². The number of methoxy groups -OCH3 is 1. The first-order chi connectivity index (χ1) is 18.1. The number of aromatic nitrogens is 1. The van der Waals surface area contributed by atoms with Crippen molar-refractivity contribution in [2.45, 2.75) is 52.4 Å². The summed E-state index contributed by atoms with van der Waals surface area (Å²) in [4.78, 5) is 4.98. The van der Waals surface area contributed by atoms with Gasteiger partial charge in [0, 0.05) is 34.6 Å². The predicted molar refractivity (Wildman–Crippen MR) is 160 cm³/mol. The van der Waals surface area contributed by atoms with Gasteiger partial charge >= 0.3 is 0 Å². The molecule has 194 valence electrons. The third-order valence-electron chi connectivity index (χ3n) is 7.16. The van der Waals surface area contributed by atoms with Crippen molar-refractivity contribution in [1.29, 1.82) is 0 Å². The Hall–Kier alpha value is -3.69. The number of para-hydroxylation sites is 2. The van der Waals surface area contributed by atoms with Gasteiger partial charge in [0.05, 0.1) is 11.0 Å². The van der Waals surface area contributed by atoms with Crippen LogP contribution in [0.3, 0.4) is 0 Å². The second-order valence-electron chi connectivity index (χ2n) is 12.0. The smallest absolute Gasteiger partial charge is 0.188 e. The predicted octanol–water partition coefficient (Wildman–Crippen LogP) is 9.30. The van der Waals surface area contributed by atoms with Gasteiger partial charge in [0.2, 0.25) is 0 Å². The molecule has 3 heteroatoms. The Bertz CT molecular complexity index is 1570. The second kappa shape index (κ2) is 9.89. The SMILES string of the molecule is COCOc1c(-c2ccccc2-c2c3ccccc3nc3ccccc23)cc(C(C)(C)C)cc1C(C)(C)C. The Morgan fingerprint density at radius 3 is 1.74 bits per heavy atom. The number of ether oxygens (including phenoxy) is 2. The maximum Gasteiger partial charge on any atom is 0.188 e. The van der Waals surface area contributed by atoms with Gasteiger partial charge in [-0.1, -0.05) is 108 Å². The van der Waals surface area contributed by atoms with Crippen LogP contribution in [0.25, 0.3) is 44.1 Å². The highest BCUT2D eigenvalue weighted by atomic mass is 16.7. The third-order valence-corrected chi connectivity index (χ3v) is 7.16. The highest BCUT2D eigenvalue weighted by molar-refractivity contribution is 6.12. The summed E-state index contributed by atoms with van der Waals surface area (Å²) in [5.74, 6) is 0.877. The number of pyridine rings is 1. The van der Waals surface area contributed by atoms with Gasteiger partial charge in [-0.2, -0.15) is 0 Å². The van der Waals surface area contributed by atoms with Crippen LogP contribution in [0.1, 0.15) is 52.7 Å². The molecule has 0 aliphatic rings. The van der Waals surface area contributed by atoms with E-state index in [2.05, 4.69) is 126 Å². The minimum Gasteiger partial charge on any atom is -0.467 e. The summed E-state index contributed by atoms with van der Waals surface area (Å²) in [6.45, 7) is 13.7. The van der Waals surface area contributed by atoms with E-state index in [0.717, 1.165) is 44.2 Å². The molecule has 4 aromatic carbocycles. The second-order valence-corrected chi connectivity index (χ2v) is 12.0. The van der Waals surface area contributed by atoms with Crippen LogP contribution in [0, 0.1) is 0 Å². The summed E-state index contributed by atoms with van der Waals surface area (Å²) in [5.41, 5.74) is 8.86. The largest absolute Gasteiger partial charge is 0.467 e. The van der Waals surface area contributed by atoms with Gasteiger partial charge < -0.3 is 9.47 Å². The third kappa shape index (κ3) is 4.79. The highest BCUT2D eigenvalue weighted by Crippen LogP contribution is 2.47. The average Bonchev–Trinajstić information content (AvgIpc) is 2.89. The minimum atomic E-state index is -0.121. The summed E-state index contributed by atoms with van der Waals surface area (Å²) < 4.78 is 11.8. The van der Waals surface area contributed by atoms with Crippen LogP contribution in [0.15, 0.2) is 84.9 Å². The molecule has 0 fully saturated rings. The lowest BCUT2D eigenvalue weighted by Gasteiger charge is -2.30. The number of benzene rings is 4. The molecule has 0 radical (unpaired) electrons. The van der Waals surface area contributed by atoms with Crippen LogP contribution in [-0.4, -0.2) is 18.9 Å². The van der Waals surface area contributed by atoms with Crippen molar-refractivity contribution in [1.82, 2.24) is 4.98 Å². The first-order valence-electron chi connectivity index (χ1n) is 13.3. The molecule has 38 heavy (non-hydrogen) atoms. The average molecular weight is 504 g/mol. The zero-order chi connectivity index (χ0) is 27.1. The molecular formula is C35H37NO2. The first kappa shape index (κ1) is 25.9. The molecule has 0 bridgehead atoms. The van der Waals surface area contributed by atoms with Crippen LogP contribution in [-0.2, 0) is 15.6 Å². The van der Waals surface area contributed by atoms with E-state index in [0.29, 0.717) is 0 Å². The summed E-state index contributed by atoms with van der Waals surface area (Å²) in [6.07, 6.45) is 0. The fraction of sp³-hybridized carbons (Fsp3) is 0.286. The molecule has 0 unspecified atom stereocenters. The summed E-state index contributed by atoms with van der Waals surface area (Å²) >= 11 is 0. The minimum absolute atomic E-state index is 0.0282. The van der Waals surface area contributed by atoms with E-state index in [4.69, 9.17) is 14.5 Å². The monoisotopic (exact) mass is 503 g/mol. The maximum atomic E-state index is 6.40. The Labute approximate surface area is 226 Å². The first-order valence-corrected chi connectivity index (χ1v) is 13.3. The zero-order valence-corrected chi connectivity index (χ0v) is 23.6. The number of rotatable bonds is 5. The Kier molecular flexibility index (Phi) is 6.75. The summed E-state index contributed by atoms with van der Waals surface area (Å²) in [7, 11) is 1.67. The molecule has 0 saturated heterocycles. The molecule has 0 atom stereocenters. The van der Waals surface area contributed by atoms with E-state index >= 15 is 0 Å². The molecule has 0 aliphatic heterocycles. The lowest BCUT2D eigenvalue weighted by molar-refractivity contribution is 0.0502. The normalized spacial score (nSPS) is 12.3. The van der Waals surface area contributed by atoms with Crippen LogP contribution < -0.4 is 4.74 Å². The fourth-order valence-corrected chi connectivity index (χ4v) is 5.16. The summed E-state index contributed by atoms with van der Waals surface area (Å²) in [5, 5.41) is 2.28. The van der Waals surface area contributed by atoms with Crippen LogP contribution in [0.2, 0.25) is 0 Å². The molecule has 5 rings (SSSR count). The number of hydrogen-bond donors (Lipinski definition) is 0. The van der Waals surface area contributed by atoms with Gasteiger partial charge in [-0.25, -0.2) is 4.98 Å². The van der Waals surface area contributed by atoms with Gasteiger partial charge in [0.15, 0.2) is 6.79 Å². The molecule has 5 aromatic rings. The van der Waals surface area contributed by atoms with E-state index in [1.165, 1.54) is 16.7 Å². The van der Waals surface area contributed by atoms with E-state index in [9.17, 15) is 0 Å². The Morgan fingerprint density at radius 1 is 0.632 bits per heavy atom. The zero-order valence-electron chi connectivity index (χ0n) is 23.6. The van der Waals surface area contributed by atoms with Gasteiger partial charge in [0.25, 0.3) is 0 Å². The van der Waals surface area contributed by atoms with E-state index < -0.39 is 0 Å². The molecule has 0 saturated carbocycles. The van der Waals surface area contributed by atoms with Crippen molar-refractivity contribution in [2.75, 3.05) is 13.9 Å². The standard InChI is InChI=1S/C35H37NO2/c1-34(2,3)23-20-28(33(38-22-37-7)29(21-23)35(4,5)6)24-14-8-9-15-25(24)32-26-16-10-12-18-30(26)36-31-19-13-11-17-27(31)32/h8-21H,22H2,1-7H3. The molecular weight excluding hydrogens is 466 g/mol. The van der Waals surface area contributed by atoms with Crippen molar-refractivity contribution in [2.24, 2.45) is 0 Å². The topological polar surface area (TPSA) is 31.4 Å². The number of fused-ring (bicyclic) bond motifs is 2. The fourth-order valence-electron chi connectivity index (χ4n) is 5.16. The quantitative estimate of drug-likeness (QED) is 0.177. The molecule has 1 aromatic heterocycles. The Balaban J connectivity index is 1.91. The van der Waals surface area contributed by atoms with Crippen LogP contribution in [0.5, 0.6) is 5.75 Å². The van der Waals surface area contributed by atoms with Crippen LogP contribution >= 0.6 is 0 Å².